The lowest BCUT2D eigenvalue weighted by Gasteiger charge is -2.15. The molecule has 0 aromatic rings. The Bertz CT molecular complexity index is 338. The number of hydrogen-bond acceptors (Lipinski definition) is 6. The Morgan fingerprint density at radius 3 is 2.33 bits per heavy atom. The first-order valence-corrected chi connectivity index (χ1v) is 4.24. The van der Waals surface area contributed by atoms with Crippen molar-refractivity contribution in [1.82, 2.24) is 0 Å². The molecule has 1 atom stereocenters. The van der Waals surface area contributed by atoms with Gasteiger partial charge >= 0.3 is 18.1 Å². The zero-order valence-corrected chi connectivity index (χ0v) is 7.65. The van der Waals surface area contributed by atoms with Crippen molar-refractivity contribution < 1.29 is 37.4 Å². The molecule has 9 heteroatoms. The molecular weight excluding hydrogens is 241 g/mol. The standard InChI is InChI=1S/C6H3F3O5S/c7-6(8,9)4(12)15-5(13)1-2(10)14-3(5)11/h13H,1H2. The first-order valence-electron chi connectivity index (χ1n) is 3.43. The van der Waals surface area contributed by atoms with Gasteiger partial charge in [0, 0.05) is 0 Å². The Balaban J connectivity index is 2.78. The van der Waals surface area contributed by atoms with Crippen LogP contribution in [-0.4, -0.2) is 33.3 Å². The third-order valence-electron chi connectivity index (χ3n) is 1.40. The zero-order chi connectivity index (χ0) is 11.9. The Morgan fingerprint density at radius 2 is 2.00 bits per heavy atom. The van der Waals surface area contributed by atoms with Crippen LogP contribution in [0.3, 0.4) is 0 Å². The number of alkyl halides is 3. The molecule has 1 unspecified atom stereocenters. The molecule has 0 aromatic heterocycles. The molecule has 0 aromatic carbocycles. The van der Waals surface area contributed by atoms with Gasteiger partial charge in [0.2, 0.25) is 4.93 Å². The molecule has 1 heterocycles. The summed E-state index contributed by atoms with van der Waals surface area (Å²) in [5, 5.41) is 6.85. The number of carbonyl (C=O) groups excluding carboxylic acids is 3. The molecule has 1 N–H and O–H groups in total. The van der Waals surface area contributed by atoms with Crippen molar-refractivity contribution >= 4 is 28.8 Å². The summed E-state index contributed by atoms with van der Waals surface area (Å²) in [6, 6.07) is 0. The molecular formula is C6H3F3O5S. The summed E-state index contributed by atoms with van der Waals surface area (Å²) < 4.78 is 39.2. The maximum atomic E-state index is 11.8. The van der Waals surface area contributed by atoms with Crippen LogP contribution in [0.25, 0.3) is 0 Å². The van der Waals surface area contributed by atoms with Gasteiger partial charge in [-0.05, 0) is 11.8 Å². The molecule has 1 aliphatic rings. The van der Waals surface area contributed by atoms with E-state index in [1.165, 1.54) is 0 Å². The minimum absolute atomic E-state index is 0.675. The van der Waals surface area contributed by atoms with Gasteiger partial charge in [-0.3, -0.25) is 9.59 Å². The number of ether oxygens (including phenoxy) is 1. The fourth-order valence-corrected chi connectivity index (χ4v) is 1.51. The molecule has 1 rings (SSSR count). The molecule has 0 aliphatic carbocycles. The Morgan fingerprint density at radius 1 is 1.47 bits per heavy atom. The number of halogens is 3. The molecule has 1 saturated heterocycles. The van der Waals surface area contributed by atoms with Crippen LogP contribution in [0.5, 0.6) is 0 Å². The van der Waals surface area contributed by atoms with Crippen molar-refractivity contribution in [2.75, 3.05) is 0 Å². The average molecular weight is 244 g/mol. The Kier molecular flexibility index (Phi) is 2.79. The topological polar surface area (TPSA) is 80.7 Å². The lowest BCUT2D eigenvalue weighted by molar-refractivity contribution is -0.161. The molecule has 0 spiro atoms. The van der Waals surface area contributed by atoms with Crippen LogP contribution in [0, 0.1) is 0 Å². The van der Waals surface area contributed by atoms with Gasteiger partial charge in [-0.15, -0.1) is 0 Å². The minimum atomic E-state index is -5.19. The average Bonchev–Trinajstić information content (AvgIpc) is 2.23. The predicted octanol–water partition coefficient (Wildman–Crippen LogP) is -0.0294. The molecule has 1 aliphatic heterocycles. The number of thioether (sulfide) groups is 1. The molecule has 1 fully saturated rings. The van der Waals surface area contributed by atoms with Gasteiger partial charge in [0.1, 0.15) is 0 Å². The van der Waals surface area contributed by atoms with E-state index in [9.17, 15) is 32.7 Å². The highest BCUT2D eigenvalue weighted by molar-refractivity contribution is 8.15. The van der Waals surface area contributed by atoms with Crippen LogP contribution in [0.1, 0.15) is 6.42 Å². The van der Waals surface area contributed by atoms with Crippen molar-refractivity contribution in [3.05, 3.63) is 0 Å². The maximum Gasteiger partial charge on any atom is 0.461 e. The summed E-state index contributed by atoms with van der Waals surface area (Å²) >= 11 is -0.675. The van der Waals surface area contributed by atoms with Gasteiger partial charge in [-0.1, -0.05) is 0 Å². The second kappa shape index (κ2) is 3.49. The quantitative estimate of drug-likeness (QED) is 0.396. The SMILES string of the molecule is O=C1CC(O)(SC(=O)C(F)(F)F)C(=O)O1. The van der Waals surface area contributed by atoms with E-state index in [4.69, 9.17) is 0 Å². The summed E-state index contributed by atoms with van der Waals surface area (Å²) in [6.07, 6.45) is -6.16. The smallest absolute Gasteiger partial charge is 0.390 e. The van der Waals surface area contributed by atoms with Crippen LogP contribution >= 0.6 is 11.8 Å². The van der Waals surface area contributed by atoms with Crippen LogP contribution in [0.2, 0.25) is 0 Å². The zero-order valence-electron chi connectivity index (χ0n) is 6.83. The number of rotatable bonds is 1. The first kappa shape index (κ1) is 12.0. The van der Waals surface area contributed by atoms with Crippen LogP contribution < -0.4 is 0 Å². The highest BCUT2D eigenvalue weighted by Gasteiger charge is 2.54. The largest absolute Gasteiger partial charge is 0.461 e. The Hall–Kier alpha value is -1.09. The van der Waals surface area contributed by atoms with Crippen molar-refractivity contribution in [1.29, 1.82) is 0 Å². The van der Waals surface area contributed by atoms with E-state index < -0.39 is 46.3 Å². The van der Waals surface area contributed by atoms with E-state index in [1.54, 1.807) is 0 Å². The van der Waals surface area contributed by atoms with Crippen LogP contribution in [0.4, 0.5) is 13.2 Å². The molecule has 84 valence electrons. The minimum Gasteiger partial charge on any atom is -0.390 e. The number of cyclic esters (lactones) is 2. The van der Waals surface area contributed by atoms with Crippen molar-refractivity contribution in [2.24, 2.45) is 0 Å². The molecule has 0 bridgehead atoms. The maximum absolute atomic E-state index is 11.8. The summed E-state index contributed by atoms with van der Waals surface area (Å²) in [4.78, 5) is 28.9. The normalized spacial score (nSPS) is 26.7. The Labute approximate surface area is 84.6 Å². The van der Waals surface area contributed by atoms with Crippen LogP contribution in [-0.2, 0) is 19.1 Å². The van der Waals surface area contributed by atoms with Crippen molar-refractivity contribution in [3.8, 4) is 0 Å². The van der Waals surface area contributed by atoms with Gasteiger partial charge < -0.3 is 9.84 Å². The third-order valence-corrected chi connectivity index (χ3v) is 2.47. The summed E-state index contributed by atoms with van der Waals surface area (Å²) in [6.45, 7) is 0. The van der Waals surface area contributed by atoms with Crippen LogP contribution in [0.15, 0.2) is 0 Å². The number of hydrogen-bond donors (Lipinski definition) is 1. The molecule has 0 radical (unpaired) electrons. The van der Waals surface area contributed by atoms with Gasteiger partial charge in [0.05, 0.1) is 6.42 Å². The van der Waals surface area contributed by atoms with E-state index in [2.05, 4.69) is 4.74 Å². The van der Waals surface area contributed by atoms with E-state index in [1.807, 2.05) is 0 Å². The second-order valence-electron chi connectivity index (χ2n) is 2.61. The molecule has 5 nitrogen and oxygen atoms in total. The molecule has 0 amide bonds. The number of carbonyl (C=O) groups is 3. The summed E-state index contributed by atoms with van der Waals surface area (Å²) in [5.74, 6) is -2.74. The van der Waals surface area contributed by atoms with Gasteiger partial charge in [0.15, 0.2) is 0 Å². The monoisotopic (exact) mass is 244 g/mol. The van der Waals surface area contributed by atoms with Crippen molar-refractivity contribution in [3.63, 3.8) is 0 Å². The number of esters is 2. The van der Waals surface area contributed by atoms with Crippen molar-refractivity contribution in [2.45, 2.75) is 17.5 Å². The van der Waals surface area contributed by atoms with E-state index in [0.29, 0.717) is 0 Å². The highest BCUT2D eigenvalue weighted by atomic mass is 32.2. The van der Waals surface area contributed by atoms with Gasteiger partial charge in [0.25, 0.3) is 5.12 Å². The third kappa shape index (κ3) is 2.48. The van der Waals surface area contributed by atoms with Gasteiger partial charge in [-0.25, -0.2) is 4.79 Å². The highest BCUT2D eigenvalue weighted by Crippen LogP contribution is 2.37. The fraction of sp³-hybridized carbons (Fsp3) is 0.500. The molecule has 0 saturated carbocycles. The van der Waals surface area contributed by atoms with E-state index in [-0.39, 0.29) is 0 Å². The lowest BCUT2D eigenvalue weighted by atomic mass is 10.3. The van der Waals surface area contributed by atoms with E-state index >= 15 is 0 Å². The number of aliphatic hydroxyl groups is 1. The summed E-state index contributed by atoms with van der Waals surface area (Å²) in [7, 11) is 0. The fourth-order valence-electron chi connectivity index (χ4n) is 0.776. The summed E-state index contributed by atoms with van der Waals surface area (Å²) in [5.41, 5.74) is 0. The predicted molar refractivity (Wildman–Crippen MR) is 39.3 cm³/mol. The van der Waals surface area contributed by atoms with E-state index in [0.717, 1.165) is 0 Å². The molecule has 15 heavy (non-hydrogen) atoms. The van der Waals surface area contributed by atoms with Gasteiger partial charge in [-0.2, -0.15) is 13.2 Å². The second-order valence-corrected chi connectivity index (χ2v) is 3.86. The first-order chi connectivity index (χ1) is 6.65. The lowest BCUT2D eigenvalue weighted by Crippen LogP contribution is -2.35.